The van der Waals surface area contributed by atoms with Gasteiger partial charge >= 0.3 is 0 Å². The number of rotatable bonds is 3. The number of nitriles is 1. The molecule has 8 heteroatoms. The molecule has 2 aromatic heterocycles. The molecule has 26 heavy (non-hydrogen) atoms. The lowest BCUT2D eigenvalue weighted by Crippen LogP contribution is -2.21. The molecule has 0 amide bonds. The summed E-state index contributed by atoms with van der Waals surface area (Å²) in [6.07, 6.45) is 6.38. The first-order valence-corrected chi connectivity index (χ1v) is 9.11. The van der Waals surface area contributed by atoms with Gasteiger partial charge in [0.05, 0.1) is 5.56 Å². The molecule has 2 atom stereocenters. The maximum Gasteiger partial charge on any atom is 0.181 e. The molecule has 0 bridgehead atoms. The van der Waals surface area contributed by atoms with Crippen LogP contribution in [0, 0.1) is 17.1 Å². The van der Waals surface area contributed by atoms with Crippen molar-refractivity contribution in [3.8, 4) is 17.3 Å². The van der Waals surface area contributed by atoms with Crippen molar-refractivity contribution in [1.29, 1.82) is 5.26 Å². The van der Waals surface area contributed by atoms with Gasteiger partial charge in [-0.25, -0.2) is 14.4 Å². The average Bonchev–Trinajstić information content (AvgIpc) is 3.19. The minimum atomic E-state index is -0.564. The molecule has 1 saturated carbocycles. The summed E-state index contributed by atoms with van der Waals surface area (Å²) in [5, 5.41) is 12.3. The van der Waals surface area contributed by atoms with E-state index < -0.39 is 5.82 Å². The molecule has 1 aliphatic rings. The average molecular weight is 415 g/mol. The zero-order valence-corrected chi connectivity index (χ0v) is 15.4. The Kier molecular flexibility index (Phi) is 4.34. The van der Waals surface area contributed by atoms with Gasteiger partial charge < -0.3 is 11.1 Å². The number of halogens is 2. The van der Waals surface area contributed by atoms with Gasteiger partial charge in [-0.15, -0.1) is 0 Å². The van der Waals surface area contributed by atoms with Gasteiger partial charge in [0.1, 0.15) is 22.2 Å². The number of hydrogen-bond donors (Lipinski definition) is 2. The Labute approximate surface area is 158 Å². The lowest BCUT2D eigenvalue weighted by Gasteiger charge is -2.13. The first kappa shape index (κ1) is 16.9. The van der Waals surface area contributed by atoms with Crippen LogP contribution in [0.3, 0.4) is 0 Å². The number of imidazole rings is 1. The molecule has 0 saturated heterocycles. The van der Waals surface area contributed by atoms with E-state index in [-0.39, 0.29) is 17.6 Å². The van der Waals surface area contributed by atoms with E-state index in [0.29, 0.717) is 27.3 Å². The lowest BCUT2D eigenvalue weighted by molar-refractivity contribution is 0.624. The Morgan fingerprint density at radius 1 is 1.38 bits per heavy atom. The maximum atomic E-state index is 14.0. The van der Waals surface area contributed by atoms with Gasteiger partial charge in [0.2, 0.25) is 0 Å². The van der Waals surface area contributed by atoms with Crippen molar-refractivity contribution in [3.05, 3.63) is 46.6 Å². The monoisotopic (exact) mass is 414 g/mol. The molecular weight excluding hydrogens is 399 g/mol. The van der Waals surface area contributed by atoms with Crippen molar-refractivity contribution in [2.24, 2.45) is 5.73 Å². The summed E-state index contributed by atoms with van der Waals surface area (Å²) in [5.74, 6) is 0.109. The van der Waals surface area contributed by atoms with Crippen LogP contribution < -0.4 is 11.1 Å². The zero-order chi connectivity index (χ0) is 18.3. The van der Waals surface area contributed by atoms with Crippen LogP contribution in [0.25, 0.3) is 16.9 Å². The largest absolute Gasteiger partial charge is 0.364 e. The van der Waals surface area contributed by atoms with Crippen LogP contribution in [-0.2, 0) is 0 Å². The van der Waals surface area contributed by atoms with Gasteiger partial charge in [0.15, 0.2) is 11.5 Å². The minimum Gasteiger partial charge on any atom is -0.364 e. The van der Waals surface area contributed by atoms with Crippen molar-refractivity contribution in [2.45, 2.75) is 31.3 Å². The topological polar surface area (TPSA) is 92.0 Å². The summed E-state index contributed by atoms with van der Waals surface area (Å²) in [7, 11) is 0. The molecule has 3 aromatic rings. The molecule has 0 aliphatic heterocycles. The predicted molar refractivity (Wildman–Crippen MR) is 100 cm³/mol. The fourth-order valence-electron chi connectivity index (χ4n) is 3.33. The van der Waals surface area contributed by atoms with Gasteiger partial charge in [-0.1, -0.05) is 6.07 Å². The van der Waals surface area contributed by atoms with Crippen molar-refractivity contribution < 1.29 is 4.39 Å². The fraction of sp³-hybridized carbons (Fsp3) is 0.278. The smallest absolute Gasteiger partial charge is 0.181 e. The summed E-state index contributed by atoms with van der Waals surface area (Å²) in [6.45, 7) is 0. The highest BCUT2D eigenvalue weighted by Crippen LogP contribution is 2.32. The molecule has 132 valence electrons. The van der Waals surface area contributed by atoms with E-state index in [0.717, 1.165) is 19.3 Å². The summed E-state index contributed by atoms with van der Waals surface area (Å²) >= 11 is 3.54. The number of nitrogens with zero attached hydrogens (tertiary/aromatic N) is 4. The highest BCUT2D eigenvalue weighted by molar-refractivity contribution is 9.10. The first-order valence-electron chi connectivity index (χ1n) is 8.31. The number of aromatic nitrogens is 3. The van der Waals surface area contributed by atoms with Crippen LogP contribution in [0.1, 0.15) is 24.8 Å². The number of hydrogen-bond acceptors (Lipinski definition) is 5. The van der Waals surface area contributed by atoms with Crippen LogP contribution in [0.4, 0.5) is 10.2 Å². The third kappa shape index (κ3) is 2.93. The van der Waals surface area contributed by atoms with Crippen molar-refractivity contribution in [3.63, 3.8) is 0 Å². The van der Waals surface area contributed by atoms with Gasteiger partial charge in [0, 0.05) is 30.0 Å². The number of nitrogens with one attached hydrogen (secondary N) is 1. The van der Waals surface area contributed by atoms with Gasteiger partial charge in [-0.3, -0.25) is 4.40 Å². The third-order valence-corrected chi connectivity index (χ3v) is 5.42. The Morgan fingerprint density at radius 3 is 2.92 bits per heavy atom. The quantitative estimate of drug-likeness (QED) is 0.684. The van der Waals surface area contributed by atoms with E-state index >= 15 is 0 Å². The van der Waals surface area contributed by atoms with Gasteiger partial charge in [-0.05, 0) is 47.3 Å². The predicted octanol–water partition coefficient (Wildman–Crippen LogP) is 3.46. The normalized spacial score (nSPS) is 19.6. The summed E-state index contributed by atoms with van der Waals surface area (Å²) < 4.78 is 16.6. The van der Waals surface area contributed by atoms with Crippen LogP contribution >= 0.6 is 15.9 Å². The molecule has 4 rings (SSSR count). The molecule has 0 unspecified atom stereocenters. The maximum absolute atomic E-state index is 14.0. The highest BCUT2D eigenvalue weighted by Gasteiger charge is 2.23. The minimum absolute atomic E-state index is 0.00947. The molecule has 1 fully saturated rings. The fourth-order valence-corrected chi connectivity index (χ4v) is 3.93. The van der Waals surface area contributed by atoms with Crippen LogP contribution in [0.2, 0.25) is 0 Å². The molecule has 1 aromatic carbocycles. The zero-order valence-electron chi connectivity index (χ0n) is 13.8. The number of fused-ring (bicyclic) bond motifs is 1. The Bertz CT molecular complexity index is 1020. The van der Waals surface area contributed by atoms with Crippen molar-refractivity contribution in [1.82, 2.24) is 14.4 Å². The molecule has 6 nitrogen and oxygen atoms in total. The second-order valence-corrected chi connectivity index (χ2v) is 7.19. The van der Waals surface area contributed by atoms with Crippen LogP contribution in [0.5, 0.6) is 0 Å². The van der Waals surface area contributed by atoms with E-state index in [9.17, 15) is 4.39 Å². The number of anilines is 1. The Morgan fingerprint density at radius 2 is 2.23 bits per heavy atom. The van der Waals surface area contributed by atoms with Crippen LogP contribution in [-0.4, -0.2) is 26.5 Å². The van der Waals surface area contributed by atoms with E-state index in [1.165, 1.54) is 12.1 Å². The molecule has 0 radical (unpaired) electrons. The molecule has 2 heterocycles. The molecule has 3 N–H and O–H groups in total. The molecule has 0 spiro atoms. The van der Waals surface area contributed by atoms with Gasteiger partial charge in [0.25, 0.3) is 0 Å². The van der Waals surface area contributed by atoms with Crippen molar-refractivity contribution >= 4 is 27.4 Å². The van der Waals surface area contributed by atoms with Gasteiger partial charge in [-0.2, -0.15) is 5.26 Å². The van der Waals surface area contributed by atoms with E-state index in [1.807, 2.05) is 10.5 Å². The van der Waals surface area contributed by atoms with Crippen molar-refractivity contribution in [2.75, 3.05) is 5.32 Å². The summed E-state index contributed by atoms with van der Waals surface area (Å²) in [4.78, 5) is 9.07. The highest BCUT2D eigenvalue weighted by atomic mass is 79.9. The summed E-state index contributed by atoms with van der Waals surface area (Å²) in [5.41, 5.74) is 7.83. The summed E-state index contributed by atoms with van der Waals surface area (Å²) in [6, 6.07) is 6.78. The van der Waals surface area contributed by atoms with E-state index in [1.54, 1.807) is 18.5 Å². The standard InChI is InChI=1S/C18H16BrFN6/c19-16-15(10-1-2-11(9-21)14(20)7-10)25-18-17(23-5-6-26(16)18)24-13-4-3-12(22)8-13/h1-2,5-7,12-13H,3-4,8,22H2,(H,23,24)/t12-,13+/m0/s1. The third-order valence-electron chi connectivity index (χ3n) is 4.66. The number of benzene rings is 1. The lowest BCUT2D eigenvalue weighted by atomic mass is 10.1. The second kappa shape index (κ2) is 6.67. The number of nitrogens with two attached hydrogens (primary N) is 1. The Balaban J connectivity index is 1.76. The SMILES string of the molecule is N#Cc1ccc(-c2nc3c(N[C@@H]4CC[C@H](N)C4)nccn3c2Br)cc1F. The Hall–Kier alpha value is -2.50. The second-order valence-electron chi connectivity index (χ2n) is 6.44. The molecule has 1 aliphatic carbocycles. The first-order chi connectivity index (χ1) is 12.6. The van der Waals surface area contributed by atoms with E-state index in [2.05, 4.69) is 31.2 Å². The van der Waals surface area contributed by atoms with Crippen LogP contribution in [0.15, 0.2) is 35.2 Å². The molecular formula is C18H16BrFN6. The van der Waals surface area contributed by atoms with E-state index in [4.69, 9.17) is 11.0 Å².